The number of esters is 1. The van der Waals surface area contributed by atoms with Crippen LogP contribution in [0.1, 0.15) is 28.8 Å². The standard InChI is InChI=1S/C13H19O4P/c1-16-13(14)12-8-6-11(7-9-12)5-3-4-10-18(15)17-2/h6-9,18H,3-5,10H2,1-2H3. The van der Waals surface area contributed by atoms with Gasteiger partial charge in [0.2, 0.25) is 0 Å². The summed E-state index contributed by atoms with van der Waals surface area (Å²) in [5, 5.41) is 0. The Labute approximate surface area is 108 Å². The van der Waals surface area contributed by atoms with Gasteiger partial charge in [-0.15, -0.1) is 0 Å². The van der Waals surface area contributed by atoms with E-state index in [1.54, 1.807) is 12.1 Å². The van der Waals surface area contributed by atoms with Crippen molar-refractivity contribution in [3.05, 3.63) is 35.4 Å². The maximum Gasteiger partial charge on any atom is 0.337 e. The summed E-state index contributed by atoms with van der Waals surface area (Å²) in [6, 6.07) is 7.37. The number of carbonyl (C=O) groups excluding carboxylic acids is 1. The highest BCUT2D eigenvalue weighted by Gasteiger charge is 2.04. The van der Waals surface area contributed by atoms with Gasteiger partial charge < -0.3 is 9.26 Å². The van der Waals surface area contributed by atoms with Gasteiger partial charge in [-0.1, -0.05) is 12.1 Å². The van der Waals surface area contributed by atoms with Gasteiger partial charge in [0.1, 0.15) is 0 Å². The summed E-state index contributed by atoms with van der Waals surface area (Å²) in [4.78, 5) is 11.2. The van der Waals surface area contributed by atoms with Crippen LogP contribution >= 0.6 is 8.03 Å². The van der Waals surface area contributed by atoms with Crippen molar-refractivity contribution < 1.29 is 18.6 Å². The highest BCUT2D eigenvalue weighted by atomic mass is 31.1. The normalized spacial score (nSPS) is 12.1. The van der Waals surface area contributed by atoms with Crippen LogP contribution in [-0.2, 0) is 20.2 Å². The Balaban J connectivity index is 2.35. The number of hydrogen-bond acceptors (Lipinski definition) is 4. The van der Waals surface area contributed by atoms with Gasteiger partial charge in [-0.2, -0.15) is 0 Å². The zero-order valence-corrected chi connectivity index (χ0v) is 11.8. The number of unbranched alkanes of at least 4 members (excludes halogenated alkanes) is 1. The van der Waals surface area contributed by atoms with E-state index in [0.717, 1.165) is 19.3 Å². The van der Waals surface area contributed by atoms with Crippen molar-refractivity contribution >= 4 is 14.0 Å². The van der Waals surface area contributed by atoms with Crippen LogP contribution in [0.4, 0.5) is 0 Å². The molecule has 1 aromatic carbocycles. The summed E-state index contributed by atoms with van der Waals surface area (Å²) in [6.45, 7) is 0. The SMILES string of the molecule is COC(=O)c1ccc(CCCC[PH](=O)OC)cc1. The Kier molecular flexibility index (Phi) is 6.69. The Hall–Kier alpha value is -1.12. The molecule has 0 saturated heterocycles. The van der Waals surface area contributed by atoms with Crippen molar-refractivity contribution in [1.29, 1.82) is 0 Å². The first-order chi connectivity index (χ1) is 8.67. The fraction of sp³-hybridized carbons (Fsp3) is 0.462. The third-order valence-corrected chi connectivity index (χ3v) is 3.92. The molecule has 0 heterocycles. The van der Waals surface area contributed by atoms with E-state index in [9.17, 15) is 9.36 Å². The van der Waals surface area contributed by atoms with Crippen molar-refractivity contribution in [2.75, 3.05) is 20.4 Å². The molecule has 1 aromatic rings. The molecule has 0 spiro atoms. The average molecular weight is 270 g/mol. The summed E-state index contributed by atoms with van der Waals surface area (Å²) < 4.78 is 20.5. The summed E-state index contributed by atoms with van der Waals surface area (Å²) in [5.74, 6) is -0.319. The third kappa shape index (κ3) is 5.03. The molecule has 0 bridgehead atoms. The predicted molar refractivity (Wildman–Crippen MR) is 71.6 cm³/mol. The number of benzene rings is 1. The second kappa shape index (κ2) is 8.06. The third-order valence-electron chi connectivity index (χ3n) is 2.70. The molecule has 18 heavy (non-hydrogen) atoms. The molecular formula is C13H19O4P. The second-order valence-corrected chi connectivity index (χ2v) is 5.62. The van der Waals surface area contributed by atoms with Crippen LogP contribution < -0.4 is 0 Å². The molecule has 0 aromatic heterocycles. The van der Waals surface area contributed by atoms with Gasteiger partial charge in [-0.05, 0) is 37.0 Å². The largest absolute Gasteiger partial charge is 0.465 e. The minimum absolute atomic E-state index is 0.319. The Bertz CT molecular complexity index is 400. The molecule has 4 nitrogen and oxygen atoms in total. The molecule has 0 aliphatic heterocycles. The lowest BCUT2D eigenvalue weighted by Gasteiger charge is -2.03. The van der Waals surface area contributed by atoms with Crippen LogP contribution in [0.25, 0.3) is 0 Å². The van der Waals surface area contributed by atoms with Gasteiger partial charge in [0, 0.05) is 13.3 Å². The Morgan fingerprint density at radius 3 is 2.39 bits per heavy atom. The minimum atomic E-state index is -1.82. The first kappa shape index (κ1) is 14.9. The average Bonchev–Trinajstić information content (AvgIpc) is 2.43. The summed E-state index contributed by atoms with van der Waals surface area (Å²) in [5.41, 5.74) is 1.73. The monoisotopic (exact) mass is 270 g/mol. The van der Waals surface area contributed by atoms with Crippen LogP contribution in [0.3, 0.4) is 0 Å². The van der Waals surface area contributed by atoms with Gasteiger partial charge in [-0.3, -0.25) is 4.57 Å². The number of rotatable bonds is 7. The molecule has 0 aliphatic rings. The van der Waals surface area contributed by atoms with Gasteiger partial charge in [0.15, 0.2) is 8.03 Å². The zero-order chi connectivity index (χ0) is 13.4. The summed E-state index contributed by atoms with van der Waals surface area (Å²) in [6.07, 6.45) is 3.42. The van der Waals surface area contributed by atoms with Crippen molar-refractivity contribution in [2.24, 2.45) is 0 Å². The molecule has 1 unspecified atom stereocenters. The number of methoxy groups -OCH3 is 1. The number of aryl methyl sites for hydroxylation is 1. The topological polar surface area (TPSA) is 52.6 Å². The van der Waals surface area contributed by atoms with Crippen molar-refractivity contribution in [3.63, 3.8) is 0 Å². The smallest absolute Gasteiger partial charge is 0.337 e. The first-order valence-electron chi connectivity index (χ1n) is 5.91. The highest BCUT2D eigenvalue weighted by Crippen LogP contribution is 2.22. The number of carbonyl (C=O) groups is 1. The lowest BCUT2D eigenvalue weighted by atomic mass is 10.1. The summed E-state index contributed by atoms with van der Waals surface area (Å²) >= 11 is 0. The predicted octanol–water partition coefficient (Wildman–Crippen LogP) is 2.92. The fourth-order valence-electron chi connectivity index (χ4n) is 1.63. The molecule has 5 heteroatoms. The number of hydrogen-bond donors (Lipinski definition) is 0. The maximum absolute atomic E-state index is 11.2. The van der Waals surface area contributed by atoms with Gasteiger partial charge in [-0.25, -0.2) is 4.79 Å². The second-order valence-electron chi connectivity index (χ2n) is 3.97. The van der Waals surface area contributed by atoms with Crippen molar-refractivity contribution in [2.45, 2.75) is 19.3 Å². The maximum atomic E-state index is 11.2. The van der Waals surface area contributed by atoms with Crippen molar-refractivity contribution in [1.82, 2.24) is 0 Å². The van der Waals surface area contributed by atoms with Crippen LogP contribution in [0.2, 0.25) is 0 Å². The van der Waals surface area contributed by atoms with Crippen LogP contribution in [0, 0.1) is 0 Å². The lowest BCUT2D eigenvalue weighted by molar-refractivity contribution is 0.0600. The van der Waals surface area contributed by atoms with Crippen LogP contribution in [0.5, 0.6) is 0 Å². The molecule has 100 valence electrons. The van der Waals surface area contributed by atoms with E-state index >= 15 is 0 Å². The van der Waals surface area contributed by atoms with E-state index in [1.807, 2.05) is 12.1 Å². The van der Waals surface area contributed by atoms with E-state index in [2.05, 4.69) is 4.74 Å². The van der Waals surface area contributed by atoms with Gasteiger partial charge in [0.05, 0.1) is 12.7 Å². The van der Waals surface area contributed by atoms with Gasteiger partial charge >= 0.3 is 5.97 Å². The van der Waals surface area contributed by atoms with Crippen LogP contribution in [-0.4, -0.2) is 26.4 Å². The molecule has 1 atom stereocenters. The van der Waals surface area contributed by atoms with Crippen LogP contribution in [0.15, 0.2) is 24.3 Å². The molecule has 0 fully saturated rings. The molecule has 0 amide bonds. The minimum Gasteiger partial charge on any atom is -0.465 e. The molecule has 0 aliphatic carbocycles. The van der Waals surface area contributed by atoms with E-state index in [4.69, 9.17) is 4.52 Å². The molecule has 0 N–H and O–H groups in total. The van der Waals surface area contributed by atoms with E-state index < -0.39 is 8.03 Å². The van der Waals surface area contributed by atoms with E-state index in [0.29, 0.717) is 11.7 Å². The Morgan fingerprint density at radius 2 is 1.83 bits per heavy atom. The van der Waals surface area contributed by atoms with Gasteiger partial charge in [0.25, 0.3) is 0 Å². The van der Waals surface area contributed by atoms with Crippen molar-refractivity contribution in [3.8, 4) is 0 Å². The molecule has 0 radical (unpaired) electrons. The zero-order valence-electron chi connectivity index (χ0n) is 10.8. The summed E-state index contributed by atoms with van der Waals surface area (Å²) in [7, 11) is 1.03. The first-order valence-corrected chi connectivity index (χ1v) is 7.44. The molecular weight excluding hydrogens is 251 g/mol. The quantitative estimate of drug-likeness (QED) is 0.434. The fourth-order valence-corrected chi connectivity index (χ4v) is 2.37. The highest BCUT2D eigenvalue weighted by molar-refractivity contribution is 7.39. The Morgan fingerprint density at radius 1 is 1.17 bits per heavy atom. The van der Waals surface area contributed by atoms with E-state index in [-0.39, 0.29) is 5.97 Å². The number of ether oxygens (including phenoxy) is 1. The molecule has 1 rings (SSSR count). The molecule has 0 saturated carbocycles. The lowest BCUT2D eigenvalue weighted by Crippen LogP contribution is -2.00. The van der Waals surface area contributed by atoms with E-state index in [1.165, 1.54) is 19.8 Å².